The molecule has 0 aliphatic carbocycles. The minimum atomic E-state index is -3.84. The summed E-state index contributed by atoms with van der Waals surface area (Å²) in [6.07, 6.45) is 6.34. The number of methoxy groups -OCH3 is 1. The van der Waals surface area contributed by atoms with Gasteiger partial charge in [0.1, 0.15) is 16.5 Å². The highest BCUT2D eigenvalue weighted by atomic mass is 35.5. The zero-order chi connectivity index (χ0) is 18.6. The zero-order valence-corrected chi connectivity index (χ0v) is 16.2. The largest absolute Gasteiger partial charge is 0.495 e. The lowest BCUT2D eigenvalue weighted by atomic mass is 10.2. The number of halogens is 1. The first-order chi connectivity index (χ1) is 12.5. The molecule has 0 spiro atoms. The summed E-state index contributed by atoms with van der Waals surface area (Å²) in [5, 5.41) is 0.320. The second-order valence-corrected chi connectivity index (χ2v) is 8.29. The maximum absolute atomic E-state index is 12.7. The summed E-state index contributed by atoms with van der Waals surface area (Å²) in [5.41, 5.74) is 0.394. The van der Waals surface area contributed by atoms with E-state index < -0.39 is 10.0 Å². The van der Waals surface area contributed by atoms with E-state index in [9.17, 15) is 8.42 Å². The normalized spacial score (nSPS) is 15.4. The smallest absolute Gasteiger partial charge is 0.265 e. The number of pyridine rings is 1. The lowest BCUT2D eigenvalue weighted by molar-refractivity contribution is 0.403. The molecule has 0 unspecified atom stereocenters. The molecule has 2 aromatic rings. The van der Waals surface area contributed by atoms with Crippen LogP contribution in [-0.2, 0) is 10.0 Å². The van der Waals surface area contributed by atoms with Gasteiger partial charge in [0.2, 0.25) is 0 Å². The SMILES string of the molecule is COc1ccc(Cl)cc1S(=O)(=O)Nc1ccc(N2CCCCCC2)nc1. The Morgan fingerprint density at radius 1 is 1.12 bits per heavy atom. The third-order valence-electron chi connectivity index (χ3n) is 4.35. The van der Waals surface area contributed by atoms with Gasteiger partial charge in [0.05, 0.1) is 19.0 Å². The summed E-state index contributed by atoms with van der Waals surface area (Å²) < 4.78 is 33.0. The first-order valence-corrected chi connectivity index (χ1v) is 10.4. The van der Waals surface area contributed by atoms with Crippen molar-refractivity contribution in [3.63, 3.8) is 0 Å². The number of hydrogen-bond donors (Lipinski definition) is 1. The summed E-state index contributed by atoms with van der Waals surface area (Å²) in [5.74, 6) is 1.10. The highest BCUT2D eigenvalue weighted by Crippen LogP contribution is 2.29. The van der Waals surface area contributed by atoms with Gasteiger partial charge in [-0.05, 0) is 43.2 Å². The number of nitrogens with one attached hydrogen (secondary N) is 1. The molecular weight excluding hydrogens is 374 g/mol. The van der Waals surface area contributed by atoms with Crippen LogP contribution in [0.1, 0.15) is 25.7 Å². The average Bonchev–Trinajstić information content (AvgIpc) is 2.91. The molecule has 0 atom stereocenters. The van der Waals surface area contributed by atoms with Gasteiger partial charge in [-0.15, -0.1) is 0 Å². The molecule has 8 heteroatoms. The molecule has 1 aliphatic heterocycles. The van der Waals surface area contributed by atoms with Crippen molar-refractivity contribution in [2.75, 3.05) is 29.8 Å². The van der Waals surface area contributed by atoms with E-state index in [2.05, 4.69) is 14.6 Å². The molecule has 1 aromatic carbocycles. The Morgan fingerprint density at radius 3 is 2.46 bits per heavy atom. The summed E-state index contributed by atoms with van der Waals surface area (Å²) in [6.45, 7) is 1.97. The second kappa shape index (κ2) is 8.14. The first kappa shape index (κ1) is 18.8. The summed E-state index contributed by atoms with van der Waals surface area (Å²) in [4.78, 5) is 6.65. The van der Waals surface area contributed by atoms with Crippen LogP contribution in [-0.4, -0.2) is 33.6 Å². The fourth-order valence-corrected chi connectivity index (χ4v) is 4.48. The van der Waals surface area contributed by atoms with E-state index in [0.29, 0.717) is 10.7 Å². The van der Waals surface area contributed by atoms with Gasteiger partial charge in [-0.25, -0.2) is 13.4 Å². The highest BCUT2D eigenvalue weighted by Gasteiger charge is 2.20. The van der Waals surface area contributed by atoms with Crippen LogP contribution in [0.25, 0.3) is 0 Å². The lowest BCUT2D eigenvalue weighted by Crippen LogP contribution is -2.24. The van der Waals surface area contributed by atoms with Gasteiger partial charge >= 0.3 is 0 Å². The molecule has 1 fully saturated rings. The molecule has 1 aliphatic rings. The molecule has 3 rings (SSSR count). The van der Waals surface area contributed by atoms with Crippen LogP contribution in [0.4, 0.5) is 11.5 Å². The third kappa shape index (κ3) is 4.40. The third-order valence-corrected chi connectivity index (χ3v) is 5.98. The number of anilines is 2. The number of rotatable bonds is 5. The fraction of sp³-hybridized carbons (Fsp3) is 0.389. The molecule has 0 bridgehead atoms. The Morgan fingerprint density at radius 2 is 1.85 bits per heavy atom. The maximum atomic E-state index is 12.7. The van der Waals surface area contributed by atoms with Crippen LogP contribution in [0.5, 0.6) is 5.75 Å². The number of sulfonamides is 1. The minimum absolute atomic E-state index is 0.0101. The first-order valence-electron chi connectivity index (χ1n) is 8.57. The van der Waals surface area contributed by atoms with Gasteiger partial charge in [-0.2, -0.15) is 0 Å². The molecule has 1 aromatic heterocycles. The van der Waals surface area contributed by atoms with Gasteiger partial charge in [0.25, 0.3) is 10.0 Å². The molecule has 0 saturated carbocycles. The topological polar surface area (TPSA) is 71.5 Å². The van der Waals surface area contributed by atoms with Gasteiger partial charge in [-0.1, -0.05) is 24.4 Å². The molecule has 1 N–H and O–H groups in total. The highest BCUT2D eigenvalue weighted by molar-refractivity contribution is 7.92. The number of ether oxygens (including phenoxy) is 1. The van der Waals surface area contributed by atoms with Gasteiger partial charge in [-0.3, -0.25) is 4.72 Å². The Kier molecular flexibility index (Phi) is 5.88. The quantitative estimate of drug-likeness (QED) is 0.830. The van der Waals surface area contributed by atoms with Crippen molar-refractivity contribution >= 4 is 33.1 Å². The van der Waals surface area contributed by atoms with Crippen LogP contribution in [0.15, 0.2) is 41.4 Å². The Bertz CT molecular complexity index is 848. The van der Waals surface area contributed by atoms with E-state index in [1.807, 2.05) is 6.07 Å². The summed E-state index contributed by atoms with van der Waals surface area (Å²) >= 11 is 5.94. The minimum Gasteiger partial charge on any atom is -0.495 e. The van der Waals surface area contributed by atoms with Gasteiger partial charge in [0, 0.05) is 18.1 Å². The predicted octanol–water partition coefficient (Wildman–Crippen LogP) is 3.92. The summed E-state index contributed by atoms with van der Waals surface area (Å²) in [6, 6.07) is 8.04. The second-order valence-electron chi connectivity index (χ2n) is 6.21. The van der Waals surface area contributed by atoms with E-state index in [-0.39, 0.29) is 10.6 Å². The predicted molar refractivity (Wildman–Crippen MR) is 104 cm³/mol. The molecule has 0 amide bonds. The van der Waals surface area contributed by atoms with E-state index in [1.165, 1.54) is 38.3 Å². The van der Waals surface area contributed by atoms with Gasteiger partial charge < -0.3 is 9.64 Å². The van der Waals surface area contributed by atoms with Crippen LogP contribution < -0.4 is 14.4 Å². The van der Waals surface area contributed by atoms with E-state index in [0.717, 1.165) is 31.7 Å². The lowest BCUT2D eigenvalue weighted by Gasteiger charge is -2.21. The molecule has 26 heavy (non-hydrogen) atoms. The van der Waals surface area contributed by atoms with Gasteiger partial charge in [0.15, 0.2) is 0 Å². The molecule has 2 heterocycles. The molecule has 1 saturated heterocycles. The molecule has 140 valence electrons. The number of aromatic nitrogens is 1. The number of benzene rings is 1. The van der Waals surface area contributed by atoms with Crippen molar-refractivity contribution in [3.8, 4) is 5.75 Å². The summed E-state index contributed by atoms with van der Waals surface area (Å²) in [7, 11) is -2.42. The maximum Gasteiger partial charge on any atom is 0.265 e. The van der Waals surface area contributed by atoms with E-state index >= 15 is 0 Å². The Hall–Kier alpha value is -1.99. The van der Waals surface area contributed by atoms with Crippen LogP contribution in [0.3, 0.4) is 0 Å². The fourth-order valence-electron chi connectivity index (χ4n) is 3.00. The monoisotopic (exact) mass is 395 g/mol. The van der Waals surface area contributed by atoms with Crippen molar-refractivity contribution in [3.05, 3.63) is 41.6 Å². The van der Waals surface area contributed by atoms with Crippen molar-refractivity contribution in [2.24, 2.45) is 0 Å². The Labute approximate surface area is 159 Å². The van der Waals surface area contributed by atoms with Crippen LogP contribution in [0, 0.1) is 0 Å². The van der Waals surface area contributed by atoms with Crippen molar-refractivity contribution in [1.82, 2.24) is 4.98 Å². The average molecular weight is 396 g/mol. The van der Waals surface area contributed by atoms with E-state index in [1.54, 1.807) is 12.1 Å². The van der Waals surface area contributed by atoms with Crippen molar-refractivity contribution in [2.45, 2.75) is 30.6 Å². The molecule has 6 nitrogen and oxygen atoms in total. The van der Waals surface area contributed by atoms with E-state index in [4.69, 9.17) is 16.3 Å². The molecule has 0 radical (unpaired) electrons. The zero-order valence-electron chi connectivity index (χ0n) is 14.6. The standard InChI is InChI=1S/C18H22ClN3O3S/c1-25-16-8-6-14(19)12-17(16)26(23,24)21-15-7-9-18(20-13-15)22-10-4-2-3-5-11-22/h6-9,12-13,21H,2-5,10-11H2,1H3. The number of hydrogen-bond acceptors (Lipinski definition) is 5. The Balaban J connectivity index is 1.79. The number of nitrogens with zero attached hydrogens (tertiary/aromatic N) is 2. The van der Waals surface area contributed by atoms with Crippen LogP contribution >= 0.6 is 11.6 Å². The van der Waals surface area contributed by atoms with Crippen LogP contribution in [0.2, 0.25) is 5.02 Å². The van der Waals surface area contributed by atoms with Crippen molar-refractivity contribution in [1.29, 1.82) is 0 Å². The van der Waals surface area contributed by atoms with Crippen molar-refractivity contribution < 1.29 is 13.2 Å². The molecular formula is C18H22ClN3O3S.